The van der Waals surface area contributed by atoms with Crippen LogP contribution in [0.5, 0.6) is 5.75 Å². The van der Waals surface area contributed by atoms with Gasteiger partial charge < -0.3 is 10.1 Å². The molecule has 1 saturated heterocycles. The van der Waals surface area contributed by atoms with Gasteiger partial charge in [0, 0.05) is 13.1 Å². The summed E-state index contributed by atoms with van der Waals surface area (Å²) in [5, 5.41) is 2.31. The van der Waals surface area contributed by atoms with E-state index in [1.807, 2.05) is 48.5 Å². The van der Waals surface area contributed by atoms with Crippen molar-refractivity contribution >= 4 is 34.9 Å². The summed E-state index contributed by atoms with van der Waals surface area (Å²) in [6, 6.07) is 18.3. The summed E-state index contributed by atoms with van der Waals surface area (Å²) >= 11 is 0.904. The zero-order valence-electron chi connectivity index (χ0n) is 14.5. The Kier molecular flexibility index (Phi) is 6.27. The minimum atomic E-state index is -0.344. The first-order valence-electron chi connectivity index (χ1n) is 8.38. The van der Waals surface area contributed by atoms with E-state index in [4.69, 9.17) is 4.74 Å². The Morgan fingerprint density at radius 2 is 1.70 bits per heavy atom. The Hall–Kier alpha value is -3.06. The number of hydrogen-bond donors (Lipinski definition) is 1. The first kappa shape index (κ1) is 18.7. The highest BCUT2D eigenvalue weighted by Crippen LogP contribution is 2.31. The highest BCUT2D eigenvalue weighted by Gasteiger charge is 2.34. The molecule has 0 saturated carbocycles. The molecular formula is C20H18N2O4S. The molecule has 1 heterocycles. The minimum Gasteiger partial charge on any atom is -0.484 e. The van der Waals surface area contributed by atoms with Crippen LogP contribution in [0.4, 0.5) is 4.79 Å². The van der Waals surface area contributed by atoms with Crippen LogP contribution in [-0.2, 0) is 9.59 Å². The third-order valence-corrected chi connectivity index (χ3v) is 4.65. The van der Waals surface area contributed by atoms with Gasteiger partial charge in [-0.2, -0.15) is 0 Å². The molecule has 2 aromatic carbocycles. The largest absolute Gasteiger partial charge is 0.484 e. The van der Waals surface area contributed by atoms with E-state index in [2.05, 4.69) is 5.32 Å². The average Bonchev–Trinajstić information content (AvgIpc) is 2.95. The van der Waals surface area contributed by atoms with Crippen molar-refractivity contribution in [1.82, 2.24) is 10.2 Å². The number of imide groups is 1. The van der Waals surface area contributed by atoms with E-state index in [1.54, 1.807) is 18.2 Å². The molecule has 6 nitrogen and oxygen atoms in total. The second-order valence-electron chi connectivity index (χ2n) is 5.70. The normalized spacial score (nSPS) is 15.3. The lowest BCUT2D eigenvalue weighted by atomic mass is 10.2. The average molecular weight is 382 g/mol. The Morgan fingerprint density at radius 3 is 2.41 bits per heavy atom. The van der Waals surface area contributed by atoms with Crippen LogP contribution >= 0.6 is 11.8 Å². The van der Waals surface area contributed by atoms with Crippen molar-refractivity contribution in [2.24, 2.45) is 0 Å². The number of thioether (sulfide) groups is 1. The molecule has 0 radical (unpaired) electrons. The summed E-state index contributed by atoms with van der Waals surface area (Å²) < 4.78 is 5.34. The Bertz CT molecular complexity index is 853. The van der Waals surface area contributed by atoms with Crippen LogP contribution in [0.25, 0.3) is 6.08 Å². The quantitative estimate of drug-likeness (QED) is 0.745. The molecule has 0 spiro atoms. The summed E-state index contributed by atoms with van der Waals surface area (Å²) in [5.41, 5.74) is 0.856. The summed E-state index contributed by atoms with van der Waals surface area (Å²) in [5.74, 6) is -0.0565. The molecule has 27 heavy (non-hydrogen) atoms. The van der Waals surface area contributed by atoms with Gasteiger partial charge in [0.25, 0.3) is 17.1 Å². The van der Waals surface area contributed by atoms with Crippen LogP contribution in [0, 0.1) is 0 Å². The third-order valence-electron chi connectivity index (χ3n) is 3.74. The van der Waals surface area contributed by atoms with Crippen molar-refractivity contribution in [3.8, 4) is 5.75 Å². The van der Waals surface area contributed by atoms with Crippen LogP contribution in [0.1, 0.15) is 5.56 Å². The van der Waals surface area contributed by atoms with Crippen molar-refractivity contribution < 1.29 is 19.1 Å². The third kappa shape index (κ3) is 5.21. The molecule has 138 valence electrons. The number of carbonyl (C=O) groups is 3. The fourth-order valence-electron chi connectivity index (χ4n) is 2.42. The SMILES string of the molecule is O=C(COc1ccccc1)NCCN1C(=O)S/C(=C\c2ccccc2)C1=O. The smallest absolute Gasteiger partial charge is 0.293 e. The fourth-order valence-corrected chi connectivity index (χ4v) is 3.28. The number of para-hydroxylation sites is 1. The zero-order valence-corrected chi connectivity index (χ0v) is 15.3. The predicted molar refractivity (Wildman–Crippen MR) is 104 cm³/mol. The van der Waals surface area contributed by atoms with Gasteiger partial charge >= 0.3 is 0 Å². The molecular weight excluding hydrogens is 364 g/mol. The first-order chi connectivity index (χ1) is 13.1. The second-order valence-corrected chi connectivity index (χ2v) is 6.69. The number of nitrogens with zero attached hydrogens (tertiary/aromatic N) is 1. The van der Waals surface area contributed by atoms with Crippen LogP contribution in [0.15, 0.2) is 65.6 Å². The topological polar surface area (TPSA) is 75.7 Å². The molecule has 3 rings (SSSR count). The van der Waals surface area contributed by atoms with Crippen LogP contribution < -0.4 is 10.1 Å². The van der Waals surface area contributed by atoms with E-state index in [0.29, 0.717) is 10.7 Å². The van der Waals surface area contributed by atoms with E-state index in [9.17, 15) is 14.4 Å². The standard InChI is InChI=1S/C20H18N2O4S/c23-18(14-26-16-9-5-2-6-10-16)21-11-12-22-19(24)17(27-20(22)25)13-15-7-3-1-4-8-15/h1-10,13H,11-12,14H2,(H,21,23)/b17-13-. The van der Waals surface area contributed by atoms with Gasteiger partial charge in [0.2, 0.25) is 0 Å². The van der Waals surface area contributed by atoms with Gasteiger partial charge in [-0.05, 0) is 35.5 Å². The molecule has 0 unspecified atom stereocenters. The highest BCUT2D eigenvalue weighted by atomic mass is 32.2. The fraction of sp³-hybridized carbons (Fsp3) is 0.150. The van der Waals surface area contributed by atoms with Crippen LogP contribution in [-0.4, -0.2) is 41.6 Å². The Balaban J connectivity index is 1.46. The summed E-state index contributed by atoms with van der Waals surface area (Å²) in [7, 11) is 0. The lowest BCUT2D eigenvalue weighted by Crippen LogP contribution is -2.38. The molecule has 0 aromatic heterocycles. The van der Waals surface area contributed by atoms with Crippen molar-refractivity contribution in [2.75, 3.05) is 19.7 Å². The van der Waals surface area contributed by atoms with Crippen LogP contribution in [0.3, 0.4) is 0 Å². The Morgan fingerprint density at radius 1 is 1.04 bits per heavy atom. The minimum absolute atomic E-state index is 0.119. The lowest BCUT2D eigenvalue weighted by molar-refractivity contribution is -0.125. The van der Waals surface area contributed by atoms with Gasteiger partial charge in [0.05, 0.1) is 4.91 Å². The number of ether oxygens (including phenoxy) is 1. The monoisotopic (exact) mass is 382 g/mol. The second kappa shape index (κ2) is 9.05. The summed E-state index contributed by atoms with van der Waals surface area (Å²) in [4.78, 5) is 37.8. The van der Waals surface area contributed by atoms with Crippen molar-refractivity contribution in [2.45, 2.75) is 0 Å². The van der Waals surface area contributed by atoms with Gasteiger partial charge in [-0.15, -0.1) is 0 Å². The van der Waals surface area contributed by atoms with Gasteiger partial charge in [-0.1, -0.05) is 48.5 Å². The number of hydrogen-bond acceptors (Lipinski definition) is 5. The van der Waals surface area contributed by atoms with E-state index in [0.717, 1.165) is 22.2 Å². The van der Waals surface area contributed by atoms with Crippen LogP contribution in [0.2, 0.25) is 0 Å². The predicted octanol–water partition coefficient (Wildman–Crippen LogP) is 2.92. The number of benzene rings is 2. The molecule has 7 heteroatoms. The molecule has 0 aliphatic carbocycles. The van der Waals surface area contributed by atoms with Crippen molar-refractivity contribution in [3.63, 3.8) is 0 Å². The molecule has 1 N–H and O–H groups in total. The lowest BCUT2D eigenvalue weighted by Gasteiger charge is -2.13. The van der Waals surface area contributed by atoms with E-state index < -0.39 is 0 Å². The maximum atomic E-state index is 12.4. The number of carbonyl (C=O) groups excluding carboxylic acids is 3. The molecule has 0 atom stereocenters. The van der Waals surface area contributed by atoms with Crippen molar-refractivity contribution in [3.05, 3.63) is 71.1 Å². The summed E-state index contributed by atoms with van der Waals surface area (Å²) in [6.07, 6.45) is 1.69. The molecule has 1 fully saturated rings. The molecule has 1 aliphatic rings. The number of rotatable bonds is 7. The van der Waals surface area contributed by atoms with E-state index in [1.165, 1.54) is 0 Å². The molecule has 3 amide bonds. The Labute approximate surface area is 161 Å². The maximum Gasteiger partial charge on any atom is 0.293 e. The van der Waals surface area contributed by atoms with Crippen molar-refractivity contribution in [1.29, 1.82) is 0 Å². The van der Waals surface area contributed by atoms with E-state index >= 15 is 0 Å². The van der Waals surface area contributed by atoms with Gasteiger partial charge in [0.1, 0.15) is 5.75 Å². The van der Waals surface area contributed by atoms with Gasteiger partial charge in [-0.3, -0.25) is 19.3 Å². The highest BCUT2D eigenvalue weighted by molar-refractivity contribution is 8.18. The maximum absolute atomic E-state index is 12.4. The molecule has 2 aromatic rings. The van der Waals surface area contributed by atoms with Gasteiger partial charge in [0.15, 0.2) is 6.61 Å². The number of amides is 3. The van der Waals surface area contributed by atoms with E-state index in [-0.39, 0.29) is 36.7 Å². The van der Waals surface area contributed by atoms with Gasteiger partial charge in [-0.25, -0.2) is 0 Å². The first-order valence-corrected chi connectivity index (χ1v) is 9.20. The molecule has 0 bridgehead atoms. The number of nitrogens with one attached hydrogen (secondary N) is 1. The summed E-state index contributed by atoms with van der Waals surface area (Å²) in [6.45, 7) is 0.168. The zero-order chi connectivity index (χ0) is 19.1. The molecule has 1 aliphatic heterocycles.